The highest BCUT2D eigenvalue weighted by molar-refractivity contribution is 5.86. The lowest BCUT2D eigenvalue weighted by atomic mass is 10.00. The Morgan fingerprint density at radius 2 is 2.33 bits per heavy atom. The van der Waals surface area contributed by atoms with E-state index in [-0.39, 0.29) is 17.6 Å². The molecule has 0 saturated heterocycles. The summed E-state index contributed by atoms with van der Waals surface area (Å²) in [6.07, 6.45) is 2.27. The van der Waals surface area contributed by atoms with E-state index in [1.807, 2.05) is 6.92 Å². The predicted molar refractivity (Wildman–Crippen MR) is 33.0 cm³/mol. The summed E-state index contributed by atoms with van der Waals surface area (Å²) in [6.45, 7) is 1.83. The van der Waals surface area contributed by atoms with Gasteiger partial charge >= 0.3 is 0 Å². The lowest BCUT2D eigenvalue weighted by Crippen LogP contribution is -2.10. The molecular weight excluding hydrogens is 116 g/mol. The summed E-state index contributed by atoms with van der Waals surface area (Å²) < 4.78 is 0. The Labute approximate surface area is 54.2 Å². The van der Waals surface area contributed by atoms with Crippen LogP contribution in [0.4, 0.5) is 0 Å². The number of hydrogen-bond acceptors (Lipinski definition) is 2. The first-order valence-corrected chi connectivity index (χ1v) is 3.23. The molecular formula is C7H10O2. The highest BCUT2D eigenvalue weighted by Gasteiger charge is 2.29. The van der Waals surface area contributed by atoms with Crippen LogP contribution in [0.2, 0.25) is 0 Å². The van der Waals surface area contributed by atoms with Gasteiger partial charge < -0.3 is 4.79 Å². The van der Waals surface area contributed by atoms with Crippen LogP contribution in [0.5, 0.6) is 0 Å². The second-order valence-corrected chi connectivity index (χ2v) is 2.59. The Balaban J connectivity index is 2.61. The molecule has 1 fully saturated rings. The molecule has 50 valence electrons. The van der Waals surface area contributed by atoms with E-state index < -0.39 is 0 Å². The summed E-state index contributed by atoms with van der Waals surface area (Å²) in [6, 6.07) is 0. The Hall–Kier alpha value is -0.660. The largest absolute Gasteiger partial charge is 0.303 e. The zero-order valence-electron chi connectivity index (χ0n) is 5.46. The number of carbonyl (C=O) groups excluding carboxylic acids is 2. The van der Waals surface area contributed by atoms with Crippen molar-refractivity contribution in [1.82, 2.24) is 0 Å². The number of aldehydes is 1. The molecule has 0 aliphatic heterocycles. The monoisotopic (exact) mass is 126 g/mol. The van der Waals surface area contributed by atoms with Crippen LogP contribution in [0.15, 0.2) is 0 Å². The molecule has 9 heavy (non-hydrogen) atoms. The molecule has 0 aromatic rings. The van der Waals surface area contributed by atoms with E-state index in [4.69, 9.17) is 0 Å². The first-order chi connectivity index (χ1) is 4.25. The van der Waals surface area contributed by atoms with E-state index in [2.05, 4.69) is 0 Å². The predicted octanol–water partition coefficient (Wildman–Crippen LogP) is 0.800. The lowest BCUT2D eigenvalue weighted by Gasteiger charge is -2.02. The number of carbonyl (C=O) groups is 2. The smallest absolute Gasteiger partial charge is 0.136 e. The van der Waals surface area contributed by atoms with Crippen molar-refractivity contribution in [3.63, 3.8) is 0 Å². The summed E-state index contributed by atoms with van der Waals surface area (Å²) in [4.78, 5) is 21.0. The third kappa shape index (κ3) is 1.02. The summed E-state index contributed by atoms with van der Waals surface area (Å²) in [5, 5.41) is 0. The number of ketones is 1. The molecule has 0 N–H and O–H groups in total. The van der Waals surface area contributed by atoms with Crippen LogP contribution in [-0.2, 0) is 9.59 Å². The number of Topliss-reactive ketones (excluding diaryl/α,β-unsaturated/α-hetero) is 1. The average Bonchev–Trinajstić information content (AvgIpc) is 2.15. The van der Waals surface area contributed by atoms with E-state index in [9.17, 15) is 9.59 Å². The number of rotatable bonds is 1. The molecule has 0 radical (unpaired) electrons. The van der Waals surface area contributed by atoms with Gasteiger partial charge in [0.05, 0.1) is 0 Å². The van der Waals surface area contributed by atoms with Gasteiger partial charge in [-0.15, -0.1) is 0 Å². The van der Waals surface area contributed by atoms with Crippen LogP contribution >= 0.6 is 0 Å². The van der Waals surface area contributed by atoms with Gasteiger partial charge in [0.25, 0.3) is 0 Å². The molecule has 0 unspecified atom stereocenters. The van der Waals surface area contributed by atoms with Crippen molar-refractivity contribution >= 4 is 12.1 Å². The zero-order valence-corrected chi connectivity index (χ0v) is 5.46. The first-order valence-electron chi connectivity index (χ1n) is 3.23. The zero-order chi connectivity index (χ0) is 6.85. The maximum absolute atomic E-state index is 10.8. The van der Waals surface area contributed by atoms with Gasteiger partial charge in [-0.2, -0.15) is 0 Å². The molecule has 0 spiro atoms. The molecule has 2 heteroatoms. The first kappa shape index (κ1) is 6.46. The fourth-order valence-corrected chi connectivity index (χ4v) is 1.21. The van der Waals surface area contributed by atoms with Crippen LogP contribution in [0.3, 0.4) is 0 Å². The van der Waals surface area contributed by atoms with E-state index in [0.717, 1.165) is 12.7 Å². The van der Waals surface area contributed by atoms with E-state index in [1.54, 1.807) is 0 Å². The molecule has 1 saturated carbocycles. The van der Waals surface area contributed by atoms with Gasteiger partial charge in [-0.3, -0.25) is 4.79 Å². The van der Waals surface area contributed by atoms with Crippen molar-refractivity contribution in [2.75, 3.05) is 0 Å². The standard InChI is InChI=1S/C7H10O2/c1-5-6(4-8)2-3-7(5)9/h4-6H,2-3H2,1H3/t5-,6+/m0/s1. The van der Waals surface area contributed by atoms with Crippen molar-refractivity contribution in [2.24, 2.45) is 11.8 Å². The maximum Gasteiger partial charge on any atom is 0.136 e. The van der Waals surface area contributed by atoms with Gasteiger partial charge in [0, 0.05) is 18.3 Å². The van der Waals surface area contributed by atoms with Gasteiger partial charge in [-0.25, -0.2) is 0 Å². The van der Waals surface area contributed by atoms with Gasteiger partial charge in [0.15, 0.2) is 0 Å². The Morgan fingerprint density at radius 1 is 1.67 bits per heavy atom. The Kier molecular flexibility index (Phi) is 1.65. The SMILES string of the molecule is C[C@@H]1C(=O)CC[C@@H]1C=O. The lowest BCUT2D eigenvalue weighted by molar-refractivity contribution is -0.122. The molecule has 1 rings (SSSR count). The molecule has 1 aliphatic rings. The highest BCUT2D eigenvalue weighted by atomic mass is 16.1. The van der Waals surface area contributed by atoms with Crippen molar-refractivity contribution in [1.29, 1.82) is 0 Å². The fourth-order valence-electron chi connectivity index (χ4n) is 1.21. The van der Waals surface area contributed by atoms with Crippen LogP contribution < -0.4 is 0 Å². The Bertz CT molecular complexity index is 140. The number of hydrogen-bond donors (Lipinski definition) is 0. The van der Waals surface area contributed by atoms with Crippen LogP contribution in [0.25, 0.3) is 0 Å². The third-order valence-electron chi connectivity index (χ3n) is 2.05. The maximum atomic E-state index is 10.8. The summed E-state index contributed by atoms with van der Waals surface area (Å²) in [7, 11) is 0. The molecule has 1 aliphatic carbocycles. The molecule has 0 heterocycles. The normalized spacial score (nSPS) is 35.0. The van der Waals surface area contributed by atoms with Crippen molar-refractivity contribution in [3.8, 4) is 0 Å². The van der Waals surface area contributed by atoms with Gasteiger partial charge in [-0.1, -0.05) is 6.92 Å². The van der Waals surface area contributed by atoms with E-state index in [1.165, 1.54) is 0 Å². The van der Waals surface area contributed by atoms with Crippen LogP contribution in [0, 0.1) is 11.8 Å². The molecule has 0 amide bonds. The van der Waals surface area contributed by atoms with Gasteiger partial charge in [-0.05, 0) is 6.42 Å². The summed E-state index contributed by atoms with van der Waals surface area (Å²) in [5.41, 5.74) is 0. The Morgan fingerprint density at radius 3 is 2.56 bits per heavy atom. The van der Waals surface area contributed by atoms with Crippen LogP contribution in [-0.4, -0.2) is 12.1 Å². The topological polar surface area (TPSA) is 34.1 Å². The van der Waals surface area contributed by atoms with Crippen molar-refractivity contribution in [2.45, 2.75) is 19.8 Å². The average molecular weight is 126 g/mol. The molecule has 0 bridgehead atoms. The quantitative estimate of drug-likeness (QED) is 0.487. The summed E-state index contributed by atoms with van der Waals surface area (Å²) >= 11 is 0. The second kappa shape index (κ2) is 2.29. The van der Waals surface area contributed by atoms with Crippen molar-refractivity contribution in [3.05, 3.63) is 0 Å². The van der Waals surface area contributed by atoms with Gasteiger partial charge in [0.1, 0.15) is 12.1 Å². The molecule has 0 aromatic heterocycles. The minimum absolute atomic E-state index is 0.0116. The minimum atomic E-state index is -0.0116. The molecule has 0 aromatic carbocycles. The van der Waals surface area contributed by atoms with E-state index >= 15 is 0 Å². The summed E-state index contributed by atoms with van der Waals surface area (Å²) in [5.74, 6) is 0.243. The molecule has 2 atom stereocenters. The van der Waals surface area contributed by atoms with Crippen molar-refractivity contribution < 1.29 is 9.59 Å². The second-order valence-electron chi connectivity index (χ2n) is 2.59. The van der Waals surface area contributed by atoms with Crippen LogP contribution in [0.1, 0.15) is 19.8 Å². The highest BCUT2D eigenvalue weighted by Crippen LogP contribution is 2.25. The van der Waals surface area contributed by atoms with E-state index in [0.29, 0.717) is 6.42 Å². The molecule has 2 nitrogen and oxygen atoms in total. The fraction of sp³-hybridized carbons (Fsp3) is 0.714. The third-order valence-corrected chi connectivity index (χ3v) is 2.05. The van der Waals surface area contributed by atoms with Gasteiger partial charge in [0.2, 0.25) is 0 Å². The minimum Gasteiger partial charge on any atom is -0.303 e.